The summed E-state index contributed by atoms with van der Waals surface area (Å²) in [6.07, 6.45) is 2.03. The number of hydrogen-bond acceptors (Lipinski definition) is 1. The maximum absolute atomic E-state index is 3.46. The molecule has 1 aromatic heterocycles. The molecule has 0 saturated heterocycles. The van der Waals surface area contributed by atoms with Gasteiger partial charge in [-0.1, -0.05) is 0 Å². The molecule has 0 amide bonds. The average Bonchev–Trinajstić information content (AvgIpc) is 2.10. The van der Waals surface area contributed by atoms with E-state index in [0.717, 1.165) is 3.39 Å². The number of rotatable bonds is 1. The SMILES string of the molecule is Cc1sc(C=C(Br)Br)cc1Br. The molecule has 0 unspecified atom stereocenters. The van der Waals surface area contributed by atoms with Crippen LogP contribution in [0.2, 0.25) is 0 Å². The Morgan fingerprint density at radius 2 is 2.18 bits per heavy atom. The molecule has 0 fully saturated rings. The minimum Gasteiger partial charge on any atom is -0.140 e. The zero-order valence-electron chi connectivity index (χ0n) is 5.70. The quantitative estimate of drug-likeness (QED) is 0.667. The maximum atomic E-state index is 3.46. The van der Waals surface area contributed by atoms with E-state index >= 15 is 0 Å². The Morgan fingerprint density at radius 3 is 2.55 bits per heavy atom. The fourth-order valence-electron chi connectivity index (χ4n) is 0.660. The topological polar surface area (TPSA) is 0 Å². The van der Waals surface area contributed by atoms with Crippen molar-refractivity contribution < 1.29 is 0 Å². The highest BCUT2D eigenvalue weighted by atomic mass is 79.9. The molecule has 1 aromatic rings. The lowest BCUT2D eigenvalue weighted by Crippen LogP contribution is -1.55. The van der Waals surface area contributed by atoms with Gasteiger partial charge in [0.1, 0.15) is 0 Å². The number of aryl methyl sites for hydroxylation is 1. The standard InChI is InChI=1S/C7H5Br3S/c1-4-6(8)2-5(11-4)3-7(9)10/h2-3H,1H3. The van der Waals surface area contributed by atoms with Gasteiger partial charge in [0.05, 0.1) is 3.39 Å². The molecule has 0 bridgehead atoms. The predicted octanol–water partition coefficient (Wildman–Crippen LogP) is 4.91. The van der Waals surface area contributed by atoms with E-state index in [1.54, 1.807) is 11.3 Å². The van der Waals surface area contributed by atoms with Crippen LogP contribution in [0, 0.1) is 6.92 Å². The third-order valence-electron chi connectivity index (χ3n) is 1.13. The van der Waals surface area contributed by atoms with Crippen LogP contribution in [-0.4, -0.2) is 0 Å². The predicted molar refractivity (Wildman–Crippen MR) is 62.6 cm³/mol. The van der Waals surface area contributed by atoms with Crippen molar-refractivity contribution in [2.75, 3.05) is 0 Å². The first-order valence-electron chi connectivity index (χ1n) is 2.88. The molecule has 0 atom stereocenters. The Labute approximate surface area is 95.1 Å². The van der Waals surface area contributed by atoms with E-state index < -0.39 is 0 Å². The van der Waals surface area contributed by atoms with Crippen molar-refractivity contribution in [3.05, 3.63) is 23.7 Å². The van der Waals surface area contributed by atoms with E-state index in [2.05, 4.69) is 60.8 Å². The molecule has 4 heteroatoms. The van der Waals surface area contributed by atoms with E-state index in [1.165, 1.54) is 14.2 Å². The van der Waals surface area contributed by atoms with Gasteiger partial charge in [0.25, 0.3) is 0 Å². The number of halogens is 3. The molecule has 0 aromatic carbocycles. The molecular formula is C7H5Br3S. The molecule has 0 aliphatic rings. The van der Waals surface area contributed by atoms with Crippen LogP contribution in [0.25, 0.3) is 6.08 Å². The monoisotopic (exact) mass is 358 g/mol. The van der Waals surface area contributed by atoms with Crippen molar-refractivity contribution in [2.24, 2.45) is 0 Å². The lowest BCUT2D eigenvalue weighted by atomic mass is 10.4. The van der Waals surface area contributed by atoms with Crippen LogP contribution < -0.4 is 0 Å². The third-order valence-corrected chi connectivity index (χ3v) is 3.67. The lowest BCUT2D eigenvalue weighted by Gasteiger charge is -1.81. The van der Waals surface area contributed by atoms with Gasteiger partial charge < -0.3 is 0 Å². The summed E-state index contributed by atoms with van der Waals surface area (Å²) in [7, 11) is 0. The van der Waals surface area contributed by atoms with E-state index in [-0.39, 0.29) is 0 Å². The third kappa shape index (κ3) is 3.01. The molecule has 0 aliphatic heterocycles. The zero-order chi connectivity index (χ0) is 8.43. The van der Waals surface area contributed by atoms with Crippen molar-refractivity contribution >= 4 is 65.2 Å². The van der Waals surface area contributed by atoms with Gasteiger partial charge in [0, 0.05) is 14.2 Å². The molecule has 1 heterocycles. The summed E-state index contributed by atoms with van der Waals surface area (Å²) in [4.78, 5) is 2.54. The molecule has 0 spiro atoms. The average molecular weight is 361 g/mol. The number of thiophene rings is 1. The lowest BCUT2D eigenvalue weighted by molar-refractivity contribution is 1.59. The fraction of sp³-hybridized carbons (Fsp3) is 0.143. The Balaban J connectivity index is 2.98. The fourth-order valence-corrected chi connectivity index (χ4v) is 2.96. The summed E-state index contributed by atoms with van der Waals surface area (Å²) in [5.41, 5.74) is 0. The first kappa shape index (κ1) is 9.96. The van der Waals surface area contributed by atoms with Crippen LogP contribution in [-0.2, 0) is 0 Å². The zero-order valence-corrected chi connectivity index (χ0v) is 11.3. The van der Waals surface area contributed by atoms with Crippen LogP contribution >= 0.6 is 59.1 Å². The summed E-state index contributed by atoms with van der Waals surface area (Å²) in [5, 5.41) is 0. The number of hydrogen-bond donors (Lipinski definition) is 0. The van der Waals surface area contributed by atoms with Crippen LogP contribution in [0.15, 0.2) is 13.9 Å². The molecule has 0 aliphatic carbocycles. The largest absolute Gasteiger partial charge is 0.140 e. The highest BCUT2D eigenvalue weighted by Crippen LogP contribution is 2.29. The first-order chi connectivity index (χ1) is 5.09. The van der Waals surface area contributed by atoms with Crippen molar-refractivity contribution in [1.29, 1.82) is 0 Å². The van der Waals surface area contributed by atoms with Crippen molar-refractivity contribution in [1.82, 2.24) is 0 Å². The maximum Gasteiger partial charge on any atom is 0.0618 e. The summed E-state index contributed by atoms with van der Waals surface area (Å²) < 4.78 is 2.15. The Morgan fingerprint density at radius 1 is 1.55 bits per heavy atom. The summed E-state index contributed by atoms with van der Waals surface area (Å²) in [5.74, 6) is 0. The van der Waals surface area contributed by atoms with Gasteiger partial charge in [-0.2, -0.15) is 0 Å². The molecule has 60 valence electrons. The van der Waals surface area contributed by atoms with Gasteiger partial charge in [-0.15, -0.1) is 11.3 Å². The molecule has 0 N–H and O–H groups in total. The minimum atomic E-state index is 0.971. The molecule has 0 saturated carbocycles. The molecule has 1 rings (SSSR count). The first-order valence-corrected chi connectivity index (χ1v) is 6.08. The van der Waals surface area contributed by atoms with Gasteiger partial charge in [-0.3, -0.25) is 0 Å². The molecule has 0 radical (unpaired) electrons. The van der Waals surface area contributed by atoms with Crippen LogP contribution in [0.4, 0.5) is 0 Å². The van der Waals surface area contributed by atoms with E-state index in [0.29, 0.717) is 0 Å². The van der Waals surface area contributed by atoms with E-state index in [1.807, 2.05) is 6.08 Å². The Bertz CT molecular complexity index is 264. The Kier molecular flexibility index (Phi) is 3.81. The van der Waals surface area contributed by atoms with Crippen molar-refractivity contribution in [2.45, 2.75) is 6.92 Å². The van der Waals surface area contributed by atoms with Crippen LogP contribution in [0.1, 0.15) is 9.75 Å². The van der Waals surface area contributed by atoms with Crippen LogP contribution in [0.3, 0.4) is 0 Å². The van der Waals surface area contributed by atoms with E-state index in [4.69, 9.17) is 0 Å². The smallest absolute Gasteiger partial charge is 0.0618 e. The molecular weight excluding hydrogens is 356 g/mol. The van der Waals surface area contributed by atoms with Gasteiger partial charge >= 0.3 is 0 Å². The highest BCUT2D eigenvalue weighted by Gasteiger charge is 1.99. The van der Waals surface area contributed by atoms with Gasteiger partial charge in [-0.25, -0.2) is 0 Å². The minimum absolute atomic E-state index is 0.971. The van der Waals surface area contributed by atoms with E-state index in [9.17, 15) is 0 Å². The van der Waals surface area contributed by atoms with Gasteiger partial charge in [0.15, 0.2) is 0 Å². The Hall–Kier alpha value is 0.880. The second-order valence-electron chi connectivity index (χ2n) is 1.99. The summed E-state index contributed by atoms with van der Waals surface area (Å²) in [6.45, 7) is 2.09. The molecule has 11 heavy (non-hydrogen) atoms. The molecule has 0 nitrogen and oxygen atoms in total. The van der Waals surface area contributed by atoms with Gasteiger partial charge in [0.2, 0.25) is 0 Å². The summed E-state index contributed by atoms with van der Waals surface area (Å²) >= 11 is 11.8. The second-order valence-corrected chi connectivity index (χ2v) is 6.90. The highest BCUT2D eigenvalue weighted by molar-refractivity contribution is 9.28. The van der Waals surface area contributed by atoms with Crippen LogP contribution in [0.5, 0.6) is 0 Å². The second kappa shape index (κ2) is 4.21. The summed E-state index contributed by atoms with van der Waals surface area (Å²) in [6, 6.07) is 2.10. The normalized spacial score (nSPS) is 9.82. The van der Waals surface area contributed by atoms with Crippen molar-refractivity contribution in [3.63, 3.8) is 0 Å². The van der Waals surface area contributed by atoms with Crippen molar-refractivity contribution in [3.8, 4) is 0 Å². The van der Waals surface area contributed by atoms with Gasteiger partial charge in [-0.05, 0) is 66.9 Å².